The lowest BCUT2D eigenvalue weighted by Gasteiger charge is -2.09. The SMILES string of the molecule is CC(C)c1nnnn1-c1cc(C(=O)O)c(F)cc1F. The fraction of sp³-hybridized carbons (Fsp3) is 0.273. The molecule has 0 atom stereocenters. The van der Waals surface area contributed by atoms with Gasteiger partial charge in [0, 0.05) is 12.0 Å². The number of hydrogen-bond acceptors (Lipinski definition) is 4. The molecule has 1 heterocycles. The Balaban J connectivity index is 2.65. The van der Waals surface area contributed by atoms with Crippen molar-refractivity contribution in [3.63, 3.8) is 0 Å². The zero-order valence-corrected chi connectivity index (χ0v) is 10.1. The minimum Gasteiger partial charge on any atom is -0.478 e. The van der Waals surface area contributed by atoms with Gasteiger partial charge < -0.3 is 5.11 Å². The Labute approximate surface area is 106 Å². The van der Waals surface area contributed by atoms with E-state index in [-0.39, 0.29) is 11.6 Å². The molecular weight excluding hydrogens is 258 g/mol. The van der Waals surface area contributed by atoms with Gasteiger partial charge in [0.1, 0.15) is 11.5 Å². The highest BCUT2D eigenvalue weighted by Gasteiger charge is 2.20. The largest absolute Gasteiger partial charge is 0.478 e. The summed E-state index contributed by atoms with van der Waals surface area (Å²) in [5, 5.41) is 19.6. The van der Waals surface area contributed by atoms with Crippen LogP contribution in [0.3, 0.4) is 0 Å². The number of nitrogens with zero attached hydrogens (tertiary/aromatic N) is 4. The molecule has 0 saturated carbocycles. The zero-order chi connectivity index (χ0) is 14.2. The Bertz CT molecular complexity index is 640. The van der Waals surface area contributed by atoms with Gasteiger partial charge in [0.15, 0.2) is 11.6 Å². The third-order valence-electron chi connectivity index (χ3n) is 2.51. The van der Waals surface area contributed by atoms with Crippen LogP contribution in [-0.4, -0.2) is 31.3 Å². The molecule has 2 aromatic rings. The van der Waals surface area contributed by atoms with Crippen LogP contribution in [0.4, 0.5) is 8.78 Å². The third-order valence-corrected chi connectivity index (χ3v) is 2.51. The first kappa shape index (κ1) is 13.1. The van der Waals surface area contributed by atoms with Gasteiger partial charge in [0.25, 0.3) is 0 Å². The van der Waals surface area contributed by atoms with Gasteiger partial charge in [0.05, 0.1) is 5.56 Å². The van der Waals surface area contributed by atoms with E-state index in [9.17, 15) is 13.6 Å². The lowest BCUT2D eigenvalue weighted by molar-refractivity contribution is 0.0691. The Morgan fingerprint density at radius 1 is 1.32 bits per heavy atom. The zero-order valence-electron chi connectivity index (χ0n) is 10.1. The average Bonchev–Trinajstić information content (AvgIpc) is 2.77. The summed E-state index contributed by atoms with van der Waals surface area (Å²) in [4.78, 5) is 10.9. The van der Waals surface area contributed by atoms with E-state index in [1.165, 1.54) is 0 Å². The van der Waals surface area contributed by atoms with E-state index < -0.39 is 23.2 Å². The van der Waals surface area contributed by atoms with E-state index in [0.29, 0.717) is 11.9 Å². The number of hydrogen-bond donors (Lipinski definition) is 1. The molecule has 0 amide bonds. The van der Waals surface area contributed by atoms with Crippen molar-refractivity contribution >= 4 is 5.97 Å². The molecule has 0 aliphatic rings. The van der Waals surface area contributed by atoms with Crippen molar-refractivity contribution in [2.24, 2.45) is 0 Å². The fourth-order valence-corrected chi connectivity index (χ4v) is 1.59. The first-order valence-corrected chi connectivity index (χ1v) is 5.42. The molecule has 100 valence electrons. The molecule has 0 spiro atoms. The van der Waals surface area contributed by atoms with Gasteiger partial charge in [-0.2, -0.15) is 4.68 Å². The number of carboxylic acids is 1. The molecule has 8 heteroatoms. The van der Waals surface area contributed by atoms with Crippen molar-refractivity contribution in [1.82, 2.24) is 20.2 Å². The van der Waals surface area contributed by atoms with E-state index in [4.69, 9.17) is 5.11 Å². The van der Waals surface area contributed by atoms with Crippen LogP contribution >= 0.6 is 0 Å². The van der Waals surface area contributed by atoms with Crippen LogP contribution in [0.1, 0.15) is 35.9 Å². The number of halogens is 2. The van der Waals surface area contributed by atoms with Crippen molar-refractivity contribution in [3.8, 4) is 5.69 Å². The second-order valence-corrected chi connectivity index (χ2v) is 4.19. The average molecular weight is 268 g/mol. The second-order valence-electron chi connectivity index (χ2n) is 4.19. The van der Waals surface area contributed by atoms with Crippen molar-refractivity contribution in [2.75, 3.05) is 0 Å². The summed E-state index contributed by atoms with van der Waals surface area (Å²) in [6.45, 7) is 3.59. The first-order chi connectivity index (χ1) is 8.91. The molecule has 1 aromatic carbocycles. The van der Waals surface area contributed by atoms with Crippen molar-refractivity contribution < 1.29 is 18.7 Å². The van der Waals surface area contributed by atoms with E-state index in [1.807, 2.05) is 0 Å². The molecule has 0 saturated heterocycles. The summed E-state index contributed by atoms with van der Waals surface area (Å²) in [6.07, 6.45) is 0. The smallest absolute Gasteiger partial charge is 0.338 e. The van der Waals surface area contributed by atoms with Crippen LogP contribution in [-0.2, 0) is 0 Å². The standard InChI is InChI=1S/C11H10F2N4O2/c1-5(2)10-14-15-16-17(10)9-3-6(11(18)19)7(12)4-8(9)13/h3-5H,1-2H3,(H,18,19). The summed E-state index contributed by atoms with van der Waals surface area (Å²) < 4.78 is 28.1. The monoisotopic (exact) mass is 268 g/mol. The molecule has 0 aliphatic heterocycles. The number of benzene rings is 1. The Morgan fingerprint density at radius 2 is 2.00 bits per heavy atom. The molecule has 0 unspecified atom stereocenters. The Hall–Kier alpha value is -2.38. The van der Waals surface area contributed by atoms with Gasteiger partial charge >= 0.3 is 5.97 Å². The third kappa shape index (κ3) is 2.28. The number of carbonyl (C=O) groups is 1. The number of aromatic nitrogens is 4. The molecule has 0 aliphatic carbocycles. The van der Waals surface area contributed by atoms with Gasteiger partial charge in [-0.05, 0) is 16.5 Å². The maximum atomic E-state index is 13.8. The summed E-state index contributed by atoms with van der Waals surface area (Å²) in [5.41, 5.74) is -0.839. The van der Waals surface area contributed by atoms with E-state index in [2.05, 4.69) is 15.5 Å². The maximum Gasteiger partial charge on any atom is 0.338 e. The molecule has 6 nitrogen and oxygen atoms in total. The molecule has 0 radical (unpaired) electrons. The highest BCUT2D eigenvalue weighted by molar-refractivity contribution is 5.88. The Morgan fingerprint density at radius 3 is 2.58 bits per heavy atom. The van der Waals surface area contributed by atoms with Crippen molar-refractivity contribution in [2.45, 2.75) is 19.8 Å². The number of tetrazole rings is 1. The minimum absolute atomic E-state index is 0.104. The molecule has 0 bridgehead atoms. The normalized spacial score (nSPS) is 11.0. The van der Waals surface area contributed by atoms with Crippen molar-refractivity contribution in [1.29, 1.82) is 0 Å². The maximum absolute atomic E-state index is 13.8. The van der Waals surface area contributed by atoms with Crippen LogP contribution < -0.4 is 0 Å². The predicted octanol–water partition coefficient (Wildman–Crippen LogP) is 1.76. The summed E-state index contributed by atoms with van der Waals surface area (Å²) in [5.74, 6) is -3.32. The molecule has 1 aromatic heterocycles. The van der Waals surface area contributed by atoms with Gasteiger partial charge in [-0.15, -0.1) is 5.10 Å². The van der Waals surface area contributed by atoms with E-state index in [1.54, 1.807) is 13.8 Å². The Kier molecular flexibility index (Phi) is 3.24. The summed E-state index contributed by atoms with van der Waals surface area (Å²) in [6, 6.07) is 1.37. The number of carboxylic acid groups (broad SMARTS) is 1. The van der Waals surface area contributed by atoms with Crippen LogP contribution in [0.15, 0.2) is 12.1 Å². The fourth-order valence-electron chi connectivity index (χ4n) is 1.59. The predicted molar refractivity (Wildman–Crippen MR) is 60.1 cm³/mol. The topological polar surface area (TPSA) is 80.9 Å². The van der Waals surface area contributed by atoms with Gasteiger partial charge in [-0.1, -0.05) is 13.8 Å². The van der Waals surface area contributed by atoms with Crippen LogP contribution in [0, 0.1) is 11.6 Å². The van der Waals surface area contributed by atoms with Crippen molar-refractivity contribution in [3.05, 3.63) is 35.2 Å². The summed E-state index contributed by atoms with van der Waals surface area (Å²) >= 11 is 0. The quantitative estimate of drug-likeness (QED) is 0.917. The number of rotatable bonds is 3. The highest BCUT2D eigenvalue weighted by atomic mass is 19.1. The lowest BCUT2D eigenvalue weighted by atomic mass is 10.1. The van der Waals surface area contributed by atoms with Crippen LogP contribution in [0.25, 0.3) is 5.69 Å². The van der Waals surface area contributed by atoms with E-state index in [0.717, 1.165) is 10.7 Å². The van der Waals surface area contributed by atoms with Crippen LogP contribution in [0.2, 0.25) is 0 Å². The molecule has 19 heavy (non-hydrogen) atoms. The van der Waals surface area contributed by atoms with Crippen LogP contribution in [0.5, 0.6) is 0 Å². The van der Waals surface area contributed by atoms with Gasteiger partial charge in [-0.3, -0.25) is 0 Å². The van der Waals surface area contributed by atoms with Gasteiger partial charge in [-0.25, -0.2) is 13.6 Å². The molecular formula is C11H10F2N4O2. The number of aromatic carboxylic acids is 1. The minimum atomic E-state index is -1.49. The summed E-state index contributed by atoms with van der Waals surface area (Å²) in [7, 11) is 0. The molecule has 1 N–H and O–H groups in total. The first-order valence-electron chi connectivity index (χ1n) is 5.42. The van der Waals surface area contributed by atoms with E-state index >= 15 is 0 Å². The highest BCUT2D eigenvalue weighted by Crippen LogP contribution is 2.21. The second kappa shape index (κ2) is 4.71. The molecule has 0 fully saturated rings. The van der Waals surface area contributed by atoms with Gasteiger partial charge in [0.2, 0.25) is 0 Å². The lowest BCUT2D eigenvalue weighted by Crippen LogP contribution is -2.10. The molecule has 2 rings (SSSR count).